The molecular formula is C17H11F3N2O2. The molecule has 0 unspecified atom stereocenters. The molecule has 0 amide bonds. The third-order valence-corrected chi connectivity index (χ3v) is 3.34. The maximum atomic E-state index is 12.5. The smallest absolute Gasteiger partial charge is 0.329 e. The first-order valence-corrected chi connectivity index (χ1v) is 7.02. The lowest BCUT2D eigenvalue weighted by Gasteiger charge is -2.02. The highest BCUT2D eigenvalue weighted by Gasteiger charge is 2.38. The molecule has 0 spiro atoms. The Morgan fingerprint density at radius 2 is 1.67 bits per heavy atom. The molecular weight excluding hydrogens is 321 g/mol. The number of halogens is 3. The predicted octanol–water partition coefficient (Wildman–Crippen LogP) is 4.18. The predicted molar refractivity (Wildman–Crippen MR) is 79.2 cm³/mol. The van der Waals surface area contributed by atoms with Crippen LogP contribution in [0.15, 0.2) is 59.1 Å². The van der Waals surface area contributed by atoms with Crippen molar-refractivity contribution in [1.82, 2.24) is 10.1 Å². The van der Waals surface area contributed by atoms with Crippen LogP contribution in [-0.4, -0.2) is 15.9 Å². The van der Waals surface area contributed by atoms with E-state index in [2.05, 4.69) is 14.7 Å². The van der Waals surface area contributed by atoms with E-state index in [4.69, 9.17) is 0 Å². The molecule has 2 aromatic carbocycles. The molecule has 3 rings (SSSR count). The molecule has 1 heterocycles. The van der Waals surface area contributed by atoms with Gasteiger partial charge in [-0.3, -0.25) is 4.79 Å². The summed E-state index contributed by atoms with van der Waals surface area (Å²) in [5, 5.41) is 3.32. The molecule has 7 heteroatoms. The van der Waals surface area contributed by atoms with Gasteiger partial charge < -0.3 is 4.52 Å². The van der Waals surface area contributed by atoms with Gasteiger partial charge in [0.1, 0.15) is 0 Å². The Bertz CT molecular complexity index is 840. The van der Waals surface area contributed by atoms with Gasteiger partial charge >= 0.3 is 12.1 Å². The average Bonchev–Trinajstić information content (AvgIpc) is 3.07. The molecule has 0 atom stereocenters. The van der Waals surface area contributed by atoms with E-state index in [9.17, 15) is 18.0 Å². The topological polar surface area (TPSA) is 56.0 Å². The Morgan fingerprint density at radius 3 is 2.25 bits per heavy atom. The van der Waals surface area contributed by atoms with Crippen molar-refractivity contribution in [1.29, 1.82) is 0 Å². The van der Waals surface area contributed by atoms with Crippen molar-refractivity contribution in [2.75, 3.05) is 0 Å². The van der Waals surface area contributed by atoms with Crippen molar-refractivity contribution >= 4 is 5.78 Å². The van der Waals surface area contributed by atoms with Crippen LogP contribution < -0.4 is 0 Å². The molecule has 24 heavy (non-hydrogen) atoms. The van der Waals surface area contributed by atoms with E-state index >= 15 is 0 Å². The number of benzene rings is 2. The Hall–Kier alpha value is -2.96. The number of ketones is 1. The Kier molecular flexibility index (Phi) is 4.16. The molecule has 0 aliphatic heterocycles. The van der Waals surface area contributed by atoms with Crippen LogP contribution in [0.2, 0.25) is 0 Å². The van der Waals surface area contributed by atoms with Crippen molar-refractivity contribution < 1.29 is 22.5 Å². The van der Waals surface area contributed by atoms with Crippen LogP contribution in [0.3, 0.4) is 0 Å². The summed E-state index contributed by atoms with van der Waals surface area (Å²) in [6.07, 6.45) is -4.47. The molecule has 0 saturated heterocycles. The zero-order valence-electron chi connectivity index (χ0n) is 12.2. The number of Topliss-reactive ketones (excluding diaryl/α,β-unsaturated/α-hetero) is 1. The van der Waals surface area contributed by atoms with E-state index in [1.54, 1.807) is 48.5 Å². The van der Waals surface area contributed by atoms with Crippen LogP contribution in [0.5, 0.6) is 0 Å². The summed E-state index contributed by atoms with van der Waals surface area (Å²) in [4.78, 5) is 15.4. The third kappa shape index (κ3) is 3.51. The molecule has 122 valence electrons. The second-order valence-corrected chi connectivity index (χ2v) is 5.08. The van der Waals surface area contributed by atoms with E-state index in [0.29, 0.717) is 11.1 Å². The van der Waals surface area contributed by atoms with Gasteiger partial charge in [-0.15, -0.1) is 0 Å². The maximum Gasteiger partial charge on any atom is 0.471 e. The summed E-state index contributed by atoms with van der Waals surface area (Å²) < 4.78 is 41.6. The van der Waals surface area contributed by atoms with Crippen LogP contribution >= 0.6 is 0 Å². The van der Waals surface area contributed by atoms with Gasteiger partial charge in [0.05, 0.1) is 0 Å². The van der Waals surface area contributed by atoms with Crippen molar-refractivity contribution in [3.8, 4) is 11.4 Å². The lowest BCUT2D eigenvalue weighted by atomic mass is 10.0. The monoisotopic (exact) mass is 332 g/mol. The average molecular weight is 332 g/mol. The van der Waals surface area contributed by atoms with Gasteiger partial charge in [-0.05, 0) is 5.56 Å². The quantitative estimate of drug-likeness (QED) is 0.673. The summed E-state index contributed by atoms with van der Waals surface area (Å²) in [5.41, 5.74) is 1.73. The van der Waals surface area contributed by atoms with E-state index in [-0.39, 0.29) is 18.0 Å². The first-order valence-electron chi connectivity index (χ1n) is 7.02. The molecule has 4 nitrogen and oxygen atoms in total. The summed E-state index contributed by atoms with van der Waals surface area (Å²) in [7, 11) is 0. The number of hydrogen-bond donors (Lipinski definition) is 0. The third-order valence-electron chi connectivity index (χ3n) is 3.34. The van der Waals surface area contributed by atoms with Crippen molar-refractivity contribution in [3.63, 3.8) is 0 Å². The molecule has 0 aliphatic rings. The van der Waals surface area contributed by atoms with Gasteiger partial charge in [0.15, 0.2) is 5.78 Å². The lowest BCUT2D eigenvalue weighted by molar-refractivity contribution is -0.159. The van der Waals surface area contributed by atoms with Gasteiger partial charge in [-0.2, -0.15) is 18.2 Å². The fourth-order valence-corrected chi connectivity index (χ4v) is 2.14. The fraction of sp³-hybridized carbons (Fsp3) is 0.118. The van der Waals surface area contributed by atoms with E-state index < -0.39 is 12.1 Å². The number of carbonyl (C=O) groups excluding carboxylic acids is 1. The summed E-state index contributed by atoms with van der Waals surface area (Å²) in [6, 6.07) is 15.3. The van der Waals surface area contributed by atoms with Gasteiger partial charge in [-0.1, -0.05) is 59.8 Å². The Balaban J connectivity index is 1.74. The molecule has 0 N–H and O–H groups in total. The highest BCUT2D eigenvalue weighted by Crippen LogP contribution is 2.29. The molecule has 0 radical (unpaired) electrons. The van der Waals surface area contributed by atoms with Crippen LogP contribution in [0.1, 0.15) is 21.8 Å². The van der Waals surface area contributed by atoms with Crippen LogP contribution in [0.4, 0.5) is 13.2 Å². The normalized spacial score (nSPS) is 11.5. The fourth-order valence-electron chi connectivity index (χ4n) is 2.14. The molecule has 0 fully saturated rings. The van der Waals surface area contributed by atoms with Crippen molar-refractivity contribution in [2.45, 2.75) is 12.6 Å². The number of rotatable bonds is 4. The Morgan fingerprint density at radius 1 is 1.00 bits per heavy atom. The minimum atomic E-state index is -4.67. The van der Waals surface area contributed by atoms with Gasteiger partial charge in [-0.25, -0.2) is 0 Å². The second-order valence-electron chi connectivity index (χ2n) is 5.08. The number of hydrogen-bond acceptors (Lipinski definition) is 4. The number of carbonyl (C=O) groups is 1. The number of nitrogens with zero attached hydrogens (tertiary/aromatic N) is 2. The largest absolute Gasteiger partial charge is 0.471 e. The summed E-state index contributed by atoms with van der Waals surface area (Å²) in [6.45, 7) is 0. The van der Waals surface area contributed by atoms with E-state index in [0.717, 1.165) is 5.56 Å². The van der Waals surface area contributed by atoms with Crippen LogP contribution in [0.25, 0.3) is 11.4 Å². The van der Waals surface area contributed by atoms with E-state index in [1.165, 1.54) is 0 Å². The lowest BCUT2D eigenvalue weighted by Crippen LogP contribution is -2.04. The highest BCUT2D eigenvalue weighted by molar-refractivity contribution is 5.97. The molecule has 1 aromatic heterocycles. The minimum Gasteiger partial charge on any atom is -0.329 e. The minimum absolute atomic E-state index is 0.0396. The zero-order chi connectivity index (χ0) is 17.2. The van der Waals surface area contributed by atoms with Crippen LogP contribution in [0, 0.1) is 0 Å². The molecule has 0 bridgehead atoms. The van der Waals surface area contributed by atoms with Crippen LogP contribution in [-0.2, 0) is 12.6 Å². The summed E-state index contributed by atoms with van der Waals surface area (Å²) >= 11 is 0. The van der Waals surface area contributed by atoms with Gasteiger partial charge in [0.2, 0.25) is 5.82 Å². The SMILES string of the molecule is O=C(Cc1ccc(-c2noc(C(F)(F)F)n2)cc1)c1ccccc1. The Labute approximate surface area is 134 Å². The van der Waals surface area contributed by atoms with Gasteiger partial charge in [0.25, 0.3) is 0 Å². The zero-order valence-corrected chi connectivity index (χ0v) is 12.2. The van der Waals surface area contributed by atoms with Crippen molar-refractivity contribution in [3.05, 3.63) is 71.6 Å². The number of alkyl halides is 3. The highest BCUT2D eigenvalue weighted by atomic mass is 19.4. The van der Waals surface area contributed by atoms with Gasteiger partial charge in [0, 0.05) is 17.5 Å². The maximum absolute atomic E-state index is 12.5. The molecule has 0 saturated carbocycles. The summed E-state index contributed by atoms with van der Waals surface area (Å²) in [5.74, 6) is -1.58. The molecule has 3 aromatic rings. The van der Waals surface area contributed by atoms with Crippen molar-refractivity contribution in [2.24, 2.45) is 0 Å². The first kappa shape index (κ1) is 15.9. The standard InChI is InChI=1S/C17H11F3N2O2/c18-17(19,20)16-21-15(22-24-16)13-8-6-11(7-9-13)10-14(23)12-4-2-1-3-5-12/h1-9H,10H2. The second kappa shape index (κ2) is 6.27. The first-order chi connectivity index (χ1) is 11.4. The molecule has 0 aliphatic carbocycles. The number of aromatic nitrogens is 2. The van der Waals surface area contributed by atoms with E-state index in [1.807, 2.05) is 6.07 Å².